The predicted molar refractivity (Wildman–Crippen MR) is 125 cm³/mol. The van der Waals surface area contributed by atoms with Crippen molar-refractivity contribution in [2.75, 3.05) is 18.1 Å². The molecule has 1 atom stereocenters. The highest BCUT2D eigenvalue weighted by atomic mass is 35.5. The summed E-state index contributed by atoms with van der Waals surface area (Å²) in [7, 11) is -3.41. The molecular formula is C24H25ClN2O3S. The molecule has 0 aliphatic carbocycles. The number of anilines is 1. The first-order chi connectivity index (χ1) is 14.6. The van der Waals surface area contributed by atoms with Crippen LogP contribution in [0.1, 0.15) is 28.3 Å². The summed E-state index contributed by atoms with van der Waals surface area (Å²) in [5.41, 5.74) is 4.73. The number of nitrogens with one attached hydrogen (secondary N) is 2. The summed E-state index contributed by atoms with van der Waals surface area (Å²) in [6.07, 6.45) is 1.11. The maximum atomic E-state index is 12.6. The van der Waals surface area contributed by atoms with Crippen molar-refractivity contribution < 1.29 is 13.2 Å². The van der Waals surface area contributed by atoms with Crippen molar-refractivity contribution in [3.63, 3.8) is 0 Å². The van der Waals surface area contributed by atoms with Crippen molar-refractivity contribution >= 4 is 33.0 Å². The van der Waals surface area contributed by atoms with Gasteiger partial charge < -0.3 is 5.32 Å². The van der Waals surface area contributed by atoms with Crippen LogP contribution in [0.25, 0.3) is 0 Å². The van der Waals surface area contributed by atoms with Crippen molar-refractivity contribution in [2.45, 2.75) is 24.8 Å². The minimum atomic E-state index is -3.41. The van der Waals surface area contributed by atoms with E-state index in [1.807, 2.05) is 30.3 Å². The van der Waals surface area contributed by atoms with Gasteiger partial charge in [-0.15, -0.1) is 0 Å². The van der Waals surface area contributed by atoms with Crippen molar-refractivity contribution in [2.24, 2.45) is 0 Å². The van der Waals surface area contributed by atoms with Crippen LogP contribution in [-0.2, 0) is 14.6 Å². The number of amides is 1. The molecule has 0 unspecified atom stereocenters. The van der Waals surface area contributed by atoms with E-state index in [4.69, 9.17) is 11.6 Å². The molecule has 3 aromatic carbocycles. The van der Waals surface area contributed by atoms with Gasteiger partial charge in [0.15, 0.2) is 9.84 Å². The summed E-state index contributed by atoms with van der Waals surface area (Å²) < 4.78 is 23.6. The normalized spacial score (nSPS) is 12.4. The Bertz CT molecular complexity index is 1190. The average Bonchev–Trinajstić information content (AvgIpc) is 2.72. The number of sulfone groups is 1. The second-order valence-electron chi connectivity index (χ2n) is 7.53. The number of hydrogen-bond acceptors (Lipinski definition) is 4. The third-order valence-electron chi connectivity index (χ3n) is 5.10. The van der Waals surface area contributed by atoms with Gasteiger partial charge in [0.05, 0.1) is 28.2 Å². The highest BCUT2D eigenvalue weighted by molar-refractivity contribution is 7.90. The molecule has 162 valence electrons. The van der Waals surface area contributed by atoms with Gasteiger partial charge in [0.25, 0.3) is 0 Å². The molecule has 0 radical (unpaired) electrons. The van der Waals surface area contributed by atoms with Gasteiger partial charge in [0, 0.05) is 6.26 Å². The molecule has 0 bridgehead atoms. The summed E-state index contributed by atoms with van der Waals surface area (Å²) in [4.78, 5) is 12.7. The van der Waals surface area contributed by atoms with E-state index in [1.165, 1.54) is 29.3 Å². The van der Waals surface area contributed by atoms with Gasteiger partial charge in [-0.25, -0.2) is 8.42 Å². The third kappa shape index (κ3) is 5.94. The number of benzene rings is 3. The van der Waals surface area contributed by atoms with E-state index in [1.54, 1.807) is 0 Å². The van der Waals surface area contributed by atoms with Crippen molar-refractivity contribution in [3.8, 4) is 0 Å². The topological polar surface area (TPSA) is 75.3 Å². The van der Waals surface area contributed by atoms with Gasteiger partial charge >= 0.3 is 0 Å². The molecule has 31 heavy (non-hydrogen) atoms. The van der Waals surface area contributed by atoms with Gasteiger partial charge in [-0.2, -0.15) is 0 Å². The van der Waals surface area contributed by atoms with Gasteiger partial charge in [0.1, 0.15) is 0 Å². The third-order valence-corrected chi connectivity index (χ3v) is 6.54. The molecule has 0 heterocycles. The second kappa shape index (κ2) is 9.64. The quantitative estimate of drug-likeness (QED) is 0.541. The number of rotatable bonds is 7. The zero-order valence-corrected chi connectivity index (χ0v) is 19.2. The van der Waals surface area contributed by atoms with E-state index < -0.39 is 9.84 Å². The van der Waals surface area contributed by atoms with E-state index in [0.29, 0.717) is 0 Å². The van der Waals surface area contributed by atoms with Gasteiger partial charge in [-0.1, -0.05) is 60.1 Å². The Morgan fingerprint density at radius 2 is 1.65 bits per heavy atom. The van der Waals surface area contributed by atoms with Crippen molar-refractivity contribution in [3.05, 3.63) is 94.0 Å². The Labute approximate surface area is 188 Å². The molecule has 7 heteroatoms. The molecule has 2 N–H and O–H groups in total. The number of hydrogen-bond donors (Lipinski definition) is 2. The van der Waals surface area contributed by atoms with Gasteiger partial charge in [0.2, 0.25) is 5.91 Å². The molecule has 0 aliphatic rings. The minimum absolute atomic E-state index is 0.0198. The lowest BCUT2D eigenvalue weighted by atomic mass is 9.95. The summed E-state index contributed by atoms with van der Waals surface area (Å²) in [6.45, 7) is 4.14. The second-order valence-corrected chi connectivity index (χ2v) is 9.95. The SMILES string of the molecule is Cc1ccc([C@H](NCC(=O)Nc2cc(S(C)(=O)=O)ccc2Cl)c2ccccc2)cc1C. The molecule has 5 nitrogen and oxygen atoms in total. The Hall–Kier alpha value is -2.67. The molecule has 3 rings (SSSR count). The van der Waals surface area contributed by atoms with Gasteiger partial charge in [-0.05, 0) is 54.3 Å². The first kappa shape index (κ1) is 23.0. The van der Waals surface area contributed by atoms with Crippen LogP contribution in [0.5, 0.6) is 0 Å². The molecular weight excluding hydrogens is 432 g/mol. The van der Waals surface area contributed by atoms with E-state index >= 15 is 0 Å². The highest BCUT2D eigenvalue weighted by Gasteiger charge is 2.17. The van der Waals surface area contributed by atoms with E-state index in [0.717, 1.165) is 17.4 Å². The van der Waals surface area contributed by atoms with Crippen molar-refractivity contribution in [1.29, 1.82) is 0 Å². The molecule has 0 aromatic heterocycles. The van der Waals surface area contributed by atoms with E-state index in [9.17, 15) is 13.2 Å². The molecule has 0 saturated carbocycles. The Morgan fingerprint density at radius 3 is 2.29 bits per heavy atom. The van der Waals surface area contributed by atoms with Crippen LogP contribution < -0.4 is 10.6 Å². The Morgan fingerprint density at radius 1 is 0.935 bits per heavy atom. The number of aryl methyl sites for hydroxylation is 2. The zero-order valence-electron chi connectivity index (χ0n) is 17.6. The fraction of sp³-hybridized carbons (Fsp3) is 0.208. The first-order valence-electron chi connectivity index (χ1n) is 9.80. The minimum Gasteiger partial charge on any atom is -0.324 e. The summed E-state index contributed by atoms with van der Waals surface area (Å²) in [6, 6.07) is 20.2. The molecule has 3 aromatic rings. The van der Waals surface area contributed by atoms with Crippen LogP contribution in [0, 0.1) is 13.8 Å². The smallest absolute Gasteiger partial charge is 0.238 e. The van der Waals surface area contributed by atoms with Crippen LogP contribution in [0.4, 0.5) is 5.69 Å². The van der Waals surface area contributed by atoms with Gasteiger partial charge in [-0.3, -0.25) is 10.1 Å². The number of carbonyl (C=O) groups excluding carboxylic acids is 1. The van der Waals surface area contributed by atoms with E-state index in [2.05, 4.69) is 42.7 Å². The molecule has 0 aliphatic heterocycles. The Kier molecular flexibility index (Phi) is 7.15. The van der Waals surface area contributed by atoms with Crippen LogP contribution >= 0.6 is 11.6 Å². The van der Waals surface area contributed by atoms with Crippen molar-refractivity contribution in [1.82, 2.24) is 5.32 Å². The largest absolute Gasteiger partial charge is 0.324 e. The number of carbonyl (C=O) groups is 1. The zero-order chi connectivity index (χ0) is 22.6. The van der Waals surface area contributed by atoms with Crippen LogP contribution in [-0.4, -0.2) is 27.1 Å². The summed E-state index contributed by atoms with van der Waals surface area (Å²) in [5, 5.41) is 6.29. The average molecular weight is 457 g/mol. The predicted octanol–water partition coefficient (Wildman–Crippen LogP) is 4.68. The fourth-order valence-corrected chi connectivity index (χ4v) is 4.05. The first-order valence-corrected chi connectivity index (χ1v) is 12.1. The maximum absolute atomic E-state index is 12.6. The lowest BCUT2D eigenvalue weighted by Crippen LogP contribution is -2.32. The van der Waals surface area contributed by atoms with Crippen LogP contribution in [0.3, 0.4) is 0 Å². The van der Waals surface area contributed by atoms with Crippen LogP contribution in [0.2, 0.25) is 5.02 Å². The molecule has 0 spiro atoms. The lowest BCUT2D eigenvalue weighted by Gasteiger charge is -2.21. The molecule has 1 amide bonds. The summed E-state index contributed by atoms with van der Waals surface area (Å²) in [5.74, 6) is -0.322. The standard InChI is InChI=1S/C24H25ClN2O3S/c1-16-9-10-19(13-17(16)2)24(18-7-5-4-6-8-18)26-15-23(28)27-22-14-20(31(3,29)30)11-12-21(22)25/h4-14,24,26H,15H2,1-3H3,(H,27,28)/t24-/m1/s1. The molecule has 0 fully saturated rings. The summed E-state index contributed by atoms with van der Waals surface area (Å²) >= 11 is 6.15. The number of halogens is 1. The monoisotopic (exact) mass is 456 g/mol. The lowest BCUT2D eigenvalue weighted by molar-refractivity contribution is -0.115. The Balaban J connectivity index is 1.79. The fourth-order valence-electron chi connectivity index (χ4n) is 3.24. The maximum Gasteiger partial charge on any atom is 0.238 e. The van der Waals surface area contributed by atoms with E-state index in [-0.39, 0.29) is 34.1 Å². The highest BCUT2D eigenvalue weighted by Crippen LogP contribution is 2.26. The molecule has 0 saturated heterocycles. The van der Waals surface area contributed by atoms with Crippen LogP contribution in [0.15, 0.2) is 71.6 Å².